The number of nitrogens with zero attached hydrogens (tertiary/aromatic N) is 1. The van der Waals surface area contributed by atoms with E-state index in [0.29, 0.717) is 31.4 Å². The summed E-state index contributed by atoms with van der Waals surface area (Å²) in [5.41, 5.74) is 0.726. The maximum absolute atomic E-state index is 13.2. The van der Waals surface area contributed by atoms with Crippen LogP contribution in [0.2, 0.25) is 0 Å². The van der Waals surface area contributed by atoms with Crippen molar-refractivity contribution in [3.05, 3.63) is 71.8 Å². The summed E-state index contributed by atoms with van der Waals surface area (Å²) < 4.78 is 5.42. The molecule has 2 aromatic rings. The second-order valence-electron chi connectivity index (χ2n) is 10.0. The van der Waals surface area contributed by atoms with E-state index in [1.807, 2.05) is 36.4 Å². The minimum absolute atomic E-state index is 0.210. The van der Waals surface area contributed by atoms with Gasteiger partial charge in [-0.3, -0.25) is 19.3 Å². The van der Waals surface area contributed by atoms with Gasteiger partial charge >= 0.3 is 6.09 Å². The van der Waals surface area contributed by atoms with E-state index < -0.39 is 41.6 Å². The molecule has 1 heterocycles. The molecule has 3 unspecified atom stereocenters. The van der Waals surface area contributed by atoms with Crippen molar-refractivity contribution in [3.8, 4) is 0 Å². The Hall–Kier alpha value is -3.68. The number of carbonyl (C=O) groups is 4. The first-order chi connectivity index (χ1) is 17.0. The Balaban J connectivity index is 1.66. The SMILES string of the molecule is CC(NC(=O)C1CCCN1C(=O)OC(C)(C)C)C(=O)NC(Cc1ccccc1)C(=O)c1ccccc1. The highest BCUT2D eigenvalue weighted by molar-refractivity contribution is 6.02. The van der Waals surface area contributed by atoms with Crippen molar-refractivity contribution < 1.29 is 23.9 Å². The molecular weight excluding hydrogens is 458 g/mol. The predicted molar refractivity (Wildman–Crippen MR) is 136 cm³/mol. The number of rotatable bonds is 8. The van der Waals surface area contributed by atoms with E-state index in [1.165, 1.54) is 4.90 Å². The lowest BCUT2D eigenvalue weighted by Gasteiger charge is -2.28. The summed E-state index contributed by atoms with van der Waals surface area (Å²) >= 11 is 0. The van der Waals surface area contributed by atoms with Crippen LogP contribution in [0.4, 0.5) is 4.79 Å². The third-order valence-electron chi connectivity index (χ3n) is 5.91. The molecule has 1 saturated heterocycles. The summed E-state index contributed by atoms with van der Waals surface area (Å²) in [6, 6.07) is 15.8. The number of nitrogens with one attached hydrogen (secondary N) is 2. The van der Waals surface area contributed by atoms with E-state index in [4.69, 9.17) is 4.74 Å². The summed E-state index contributed by atoms with van der Waals surface area (Å²) in [5, 5.41) is 5.52. The van der Waals surface area contributed by atoms with Crippen molar-refractivity contribution in [2.45, 2.75) is 70.7 Å². The number of Topliss-reactive ketones (excluding diaryl/α,β-unsaturated/α-hetero) is 1. The maximum Gasteiger partial charge on any atom is 0.410 e. The highest BCUT2D eigenvalue weighted by Gasteiger charge is 2.37. The second kappa shape index (κ2) is 11.8. The number of amides is 3. The van der Waals surface area contributed by atoms with Gasteiger partial charge in [0.25, 0.3) is 0 Å². The van der Waals surface area contributed by atoms with Gasteiger partial charge in [-0.1, -0.05) is 60.7 Å². The molecule has 3 atom stereocenters. The Morgan fingerprint density at radius 1 is 0.972 bits per heavy atom. The molecule has 0 saturated carbocycles. The predicted octanol–water partition coefficient (Wildman–Crippen LogP) is 3.50. The van der Waals surface area contributed by atoms with E-state index >= 15 is 0 Å². The Morgan fingerprint density at radius 3 is 2.19 bits per heavy atom. The zero-order valence-electron chi connectivity index (χ0n) is 21.3. The van der Waals surface area contributed by atoms with Gasteiger partial charge in [-0.25, -0.2) is 4.79 Å². The Labute approximate surface area is 212 Å². The van der Waals surface area contributed by atoms with Crippen molar-refractivity contribution in [2.75, 3.05) is 6.54 Å². The van der Waals surface area contributed by atoms with Crippen LogP contribution in [0.25, 0.3) is 0 Å². The average molecular weight is 494 g/mol. The number of benzene rings is 2. The number of likely N-dealkylation sites (tertiary alicyclic amines) is 1. The fourth-order valence-corrected chi connectivity index (χ4v) is 4.11. The van der Waals surface area contributed by atoms with Gasteiger partial charge in [-0.15, -0.1) is 0 Å². The maximum atomic E-state index is 13.2. The molecule has 192 valence electrons. The van der Waals surface area contributed by atoms with Gasteiger partial charge in [0.05, 0.1) is 6.04 Å². The van der Waals surface area contributed by atoms with Crippen LogP contribution >= 0.6 is 0 Å². The van der Waals surface area contributed by atoms with Crippen molar-refractivity contribution in [1.29, 1.82) is 0 Å². The molecular formula is C28H35N3O5. The van der Waals surface area contributed by atoms with Crippen LogP contribution in [0.5, 0.6) is 0 Å². The van der Waals surface area contributed by atoms with Crippen LogP contribution in [-0.2, 0) is 20.7 Å². The van der Waals surface area contributed by atoms with E-state index in [2.05, 4.69) is 10.6 Å². The van der Waals surface area contributed by atoms with Gasteiger partial charge in [0.2, 0.25) is 11.8 Å². The molecule has 2 aromatic carbocycles. The Bertz CT molecular complexity index is 1070. The summed E-state index contributed by atoms with van der Waals surface area (Å²) in [7, 11) is 0. The molecule has 1 fully saturated rings. The molecule has 1 aliphatic rings. The van der Waals surface area contributed by atoms with Gasteiger partial charge in [0.1, 0.15) is 17.7 Å². The van der Waals surface area contributed by atoms with E-state index in [1.54, 1.807) is 52.0 Å². The highest BCUT2D eigenvalue weighted by Crippen LogP contribution is 2.21. The molecule has 3 amide bonds. The first-order valence-corrected chi connectivity index (χ1v) is 12.3. The third-order valence-corrected chi connectivity index (χ3v) is 5.91. The van der Waals surface area contributed by atoms with Crippen LogP contribution in [-0.4, -0.2) is 58.9 Å². The zero-order chi connectivity index (χ0) is 26.3. The fraction of sp³-hybridized carbons (Fsp3) is 0.429. The smallest absolute Gasteiger partial charge is 0.410 e. The molecule has 8 heteroatoms. The third kappa shape index (κ3) is 7.41. The summed E-state index contributed by atoms with van der Waals surface area (Å²) in [6.45, 7) is 7.28. The molecule has 0 radical (unpaired) electrons. The van der Waals surface area contributed by atoms with E-state index in [9.17, 15) is 19.2 Å². The summed E-state index contributed by atoms with van der Waals surface area (Å²) in [5.74, 6) is -1.11. The molecule has 36 heavy (non-hydrogen) atoms. The largest absolute Gasteiger partial charge is 0.444 e. The second-order valence-corrected chi connectivity index (χ2v) is 10.0. The van der Waals surface area contributed by atoms with Crippen LogP contribution < -0.4 is 10.6 Å². The molecule has 3 rings (SSSR count). The summed E-state index contributed by atoms with van der Waals surface area (Å²) in [6.07, 6.45) is 0.926. The lowest BCUT2D eigenvalue weighted by Crippen LogP contribution is -2.54. The zero-order valence-corrected chi connectivity index (χ0v) is 21.3. The van der Waals surface area contributed by atoms with Crippen LogP contribution in [0.3, 0.4) is 0 Å². The fourth-order valence-electron chi connectivity index (χ4n) is 4.11. The number of carbonyl (C=O) groups excluding carboxylic acids is 4. The minimum Gasteiger partial charge on any atom is -0.444 e. The lowest BCUT2D eigenvalue weighted by atomic mass is 9.97. The number of ether oxygens (including phenoxy) is 1. The number of hydrogen-bond donors (Lipinski definition) is 2. The Morgan fingerprint density at radius 2 is 1.58 bits per heavy atom. The molecule has 0 aliphatic carbocycles. The van der Waals surface area contributed by atoms with Gasteiger partial charge in [-0.05, 0) is 46.1 Å². The van der Waals surface area contributed by atoms with Crippen LogP contribution in [0.15, 0.2) is 60.7 Å². The number of ketones is 1. The summed E-state index contributed by atoms with van der Waals surface area (Å²) in [4.78, 5) is 53.2. The number of hydrogen-bond acceptors (Lipinski definition) is 5. The highest BCUT2D eigenvalue weighted by atomic mass is 16.6. The molecule has 0 bridgehead atoms. The van der Waals surface area contributed by atoms with Crippen LogP contribution in [0.1, 0.15) is 56.5 Å². The Kier molecular flexibility index (Phi) is 8.85. The quantitative estimate of drug-likeness (QED) is 0.548. The standard InChI is InChI=1S/C28H35N3O5/c1-19(29-26(34)23-16-11-17-31(23)27(35)36-28(2,3)4)25(33)30-22(18-20-12-7-5-8-13-20)24(32)21-14-9-6-10-15-21/h5-10,12-15,19,22-23H,11,16-18H2,1-4H3,(H,29,34)(H,30,33). The van der Waals surface area contributed by atoms with Crippen molar-refractivity contribution in [3.63, 3.8) is 0 Å². The first kappa shape index (κ1) is 26.9. The average Bonchev–Trinajstić information content (AvgIpc) is 3.34. The van der Waals surface area contributed by atoms with Crippen LogP contribution in [0, 0.1) is 0 Å². The van der Waals surface area contributed by atoms with E-state index in [0.717, 1.165) is 5.56 Å². The topological polar surface area (TPSA) is 105 Å². The van der Waals surface area contributed by atoms with Gasteiger partial charge < -0.3 is 15.4 Å². The molecule has 0 aromatic heterocycles. The molecule has 0 spiro atoms. The normalized spacial score (nSPS) is 17.1. The van der Waals surface area contributed by atoms with Gasteiger partial charge in [0, 0.05) is 18.5 Å². The molecule has 8 nitrogen and oxygen atoms in total. The first-order valence-electron chi connectivity index (χ1n) is 12.3. The molecule has 2 N–H and O–H groups in total. The molecule has 1 aliphatic heterocycles. The van der Waals surface area contributed by atoms with Gasteiger partial charge in [-0.2, -0.15) is 0 Å². The van der Waals surface area contributed by atoms with Gasteiger partial charge in [0.15, 0.2) is 5.78 Å². The van der Waals surface area contributed by atoms with Crippen molar-refractivity contribution in [2.24, 2.45) is 0 Å². The monoisotopic (exact) mass is 493 g/mol. The van der Waals surface area contributed by atoms with Crippen molar-refractivity contribution in [1.82, 2.24) is 15.5 Å². The van der Waals surface area contributed by atoms with Crippen molar-refractivity contribution >= 4 is 23.7 Å². The lowest BCUT2D eigenvalue weighted by molar-refractivity contribution is -0.131. The minimum atomic E-state index is -0.902. The van der Waals surface area contributed by atoms with E-state index in [-0.39, 0.29) is 5.78 Å².